The largest absolute Gasteiger partial charge is 0.478 e. The number of carboxylic acid groups (broad SMARTS) is 1. The molecule has 0 amide bonds. The van der Waals surface area contributed by atoms with Crippen LogP contribution in [0.5, 0.6) is 0 Å². The maximum Gasteiger partial charge on any atom is 0.335 e. The van der Waals surface area contributed by atoms with Gasteiger partial charge in [-0.15, -0.1) is 0 Å². The average molecular weight is 520 g/mol. The molecule has 36 heavy (non-hydrogen) atoms. The van der Waals surface area contributed by atoms with Gasteiger partial charge in [0, 0.05) is 36.3 Å². The minimum atomic E-state index is -0.915. The Morgan fingerprint density at radius 1 is 1.08 bits per heavy atom. The molecule has 2 fully saturated rings. The lowest BCUT2D eigenvalue weighted by Crippen LogP contribution is -2.45. The topological polar surface area (TPSA) is 65.9 Å². The Morgan fingerprint density at radius 2 is 1.81 bits per heavy atom. The predicted octanol–water partition coefficient (Wildman–Crippen LogP) is 5.56. The summed E-state index contributed by atoms with van der Waals surface area (Å²) < 4.78 is 5.80. The van der Waals surface area contributed by atoms with Crippen LogP contribution in [0.3, 0.4) is 0 Å². The first-order chi connectivity index (χ1) is 17.5. The molecule has 2 aromatic carbocycles. The number of rotatable bonds is 7. The molecule has 1 N–H and O–H groups in total. The van der Waals surface area contributed by atoms with E-state index in [9.17, 15) is 4.79 Å². The highest BCUT2D eigenvalue weighted by molar-refractivity contribution is 7.99. The fourth-order valence-electron chi connectivity index (χ4n) is 4.94. The summed E-state index contributed by atoms with van der Waals surface area (Å²) in [5.74, 6) is -0.915. The van der Waals surface area contributed by atoms with Crippen LogP contribution in [0, 0.1) is 6.92 Å². The molecule has 0 bridgehead atoms. The summed E-state index contributed by atoms with van der Waals surface area (Å²) in [5, 5.41) is 10.6. The lowest BCUT2D eigenvalue weighted by molar-refractivity contribution is 0.0697. The number of carboxylic acids is 1. The Kier molecular flexibility index (Phi) is 7.55. The molecule has 0 aliphatic carbocycles. The molecule has 1 aromatic heterocycles. The van der Waals surface area contributed by atoms with Crippen LogP contribution >= 0.6 is 24.0 Å². The maximum atomic E-state index is 11.1. The van der Waals surface area contributed by atoms with Crippen molar-refractivity contribution in [2.24, 2.45) is 0 Å². The first-order valence-corrected chi connectivity index (χ1v) is 13.4. The third kappa shape index (κ3) is 5.56. The van der Waals surface area contributed by atoms with Gasteiger partial charge >= 0.3 is 5.97 Å². The zero-order chi connectivity index (χ0) is 25.1. The Balaban J connectivity index is 1.17. The molecule has 3 aromatic rings. The van der Waals surface area contributed by atoms with Gasteiger partial charge in [0.05, 0.1) is 11.6 Å². The van der Waals surface area contributed by atoms with Crippen molar-refractivity contribution in [3.05, 3.63) is 89.1 Å². The summed E-state index contributed by atoms with van der Waals surface area (Å²) in [6, 6.07) is 22.2. The van der Waals surface area contributed by atoms with Crippen LogP contribution in [0.2, 0.25) is 0 Å². The molecule has 1 atom stereocenters. The average Bonchev–Trinajstić information content (AvgIpc) is 3.28. The van der Waals surface area contributed by atoms with E-state index in [2.05, 4.69) is 53.1 Å². The number of carbonyl (C=O) groups is 1. The molecule has 186 valence electrons. The number of nitrogens with zero attached hydrogens (tertiary/aromatic N) is 3. The molecule has 1 unspecified atom stereocenters. The molecule has 2 aliphatic heterocycles. The summed E-state index contributed by atoms with van der Waals surface area (Å²) in [7, 11) is 0. The molecule has 6 nitrogen and oxygen atoms in total. The van der Waals surface area contributed by atoms with Crippen LogP contribution in [-0.2, 0) is 11.3 Å². The first kappa shape index (κ1) is 24.7. The van der Waals surface area contributed by atoms with E-state index in [1.165, 1.54) is 11.1 Å². The van der Waals surface area contributed by atoms with Crippen molar-refractivity contribution in [2.45, 2.75) is 48.3 Å². The van der Waals surface area contributed by atoms with Gasteiger partial charge in [-0.3, -0.25) is 4.90 Å². The van der Waals surface area contributed by atoms with Crippen molar-refractivity contribution in [1.29, 1.82) is 0 Å². The van der Waals surface area contributed by atoms with Crippen molar-refractivity contribution in [3.8, 4) is 0 Å². The van der Waals surface area contributed by atoms with Crippen LogP contribution in [0.1, 0.15) is 46.1 Å². The van der Waals surface area contributed by atoms with E-state index in [1.807, 2.05) is 18.2 Å². The van der Waals surface area contributed by atoms with Crippen LogP contribution in [0.25, 0.3) is 0 Å². The van der Waals surface area contributed by atoms with Gasteiger partial charge in [-0.05, 0) is 73.4 Å². The molecule has 0 spiro atoms. The van der Waals surface area contributed by atoms with Crippen LogP contribution in [0.4, 0.5) is 0 Å². The summed E-state index contributed by atoms with van der Waals surface area (Å²) in [4.78, 5) is 21.6. The summed E-state index contributed by atoms with van der Waals surface area (Å²) in [6.07, 6.45) is 2.11. The lowest BCUT2D eigenvalue weighted by Gasteiger charge is -2.39. The highest BCUT2D eigenvalue weighted by Crippen LogP contribution is 2.34. The number of aromatic carboxylic acids is 1. The number of benzene rings is 2. The van der Waals surface area contributed by atoms with E-state index in [1.54, 1.807) is 23.9 Å². The highest BCUT2D eigenvalue weighted by atomic mass is 32.2. The monoisotopic (exact) mass is 519 g/mol. The fourth-order valence-corrected chi connectivity index (χ4v) is 6.12. The molecular formula is C28H29N3O3S2. The molecule has 8 heteroatoms. The third-order valence-electron chi connectivity index (χ3n) is 6.93. The number of thiocarbonyl (C=S) groups is 1. The van der Waals surface area contributed by atoms with Gasteiger partial charge in [0.1, 0.15) is 11.6 Å². The molecule has 3 heterocycles. The standard InChI is InChI=1S/C28H29N3O3S2/c1-19-22(9-12-26(29-19)36-24-10-7-21(8-11-24)27(32)33)17-30-15-13-23(14-16-30)31-25(18-34-28(31)35)20-5-3-2-4-6-20/h2-12,23,25H,13-18H2,1H3,(H,32,33). The Morgan fingerprint density at radius 3 is 2.47 bits per heavy atom. The van der Waals surface area contributed by atoms with Gasteiger partial charge < -0.3 is 14.7 Å². The van der Waals surface area contributed by atoms with Gasteiger partial charge in [0.2, 0.25) is 0 Å². The van der Waals surface area contributed by atoms with Gasteiger partial charge in [-0.1, -0.05) is 48.2 Å². The zero-order valence-electron chi connectivity index (χ0n) is 20.2. The predicted molar refractivity (Wildman–Crippen MR) is 144 cm³/mol. The Hall–Kier alpha value is -2.94. The van der Waals surface area contributed by atoms with E-state index in [-0.39, 0.29) is 11.6 Å². The van der Waals surface area contributed by atoms with Gasteiger partial charge in [-0.25, -0.2) is 9.78 Å². The number of likely N-dealkylation sites (tertiary alicyclic amines) is 1. The van der Waals surface area contributed by atoms with E-state index < -0.39 is 5.97 Å². The number of pyridine rings is 1. The van der Waals surface area contributed by atoms with Crippen LogP contribution in [0.15, 0.2) is 76.7 Å². The fraction of sp³-hybridized carbons (Fsp3) is 0.321. The van der Waals surface area contributed by atoms with E-state index in [0.717, 1.165) is 48.1 Å². The Bertz CT molecular complexity index is 1230. The van der Waals surface area contributed by atoms with Crippen molar-refractivity contribution in [3.63, 3.8) is 0 Å². The molecule has 5 rings (SSSR count). The second kappa shape index (κ2) is 11.0. The smallest absolute Gasteiger partial charge is 0.335 e. The van der Waals surface area contributed by atoms with Crippen LogP contribution in [-0.4, -0.2) is 56.8 Å². The van der Waals surface area contributed by atoms with Gasteiger partial charge in [0.25, 0.3) is 5.17 Å². The Labute approximate surface area is 221 Å². The molecule has 0 saturated carbocycles. The quantitative estimate of drug-likeness (QED) is 0.407. The highest BCUT2D eigenvalue weighted by Gasteiger charge is 2.37. The van der Waals surface area contributed by atoms with Crippen molar-refractivity contribution >= 4 is 35.1 Å². The van der Waals surface area contributed by atoms with E-state index in [4.69, 9.17) is 27.0 Å². The second-order valence-corrected chi connectivity index (χ2v) is 10.7. The number of hydrogen-bond acceptors (Lipinski definition) is 6. The summed E-state index contributed by atoms with van der Waals surface area (Å²) in [6.45, 7) is 5.59. The van der Waals surface area contributed by atoms with Gasteiger partial charge in [-0.2, -0.15) is 0 Å². The number of ether oxygens (including phenoxy) is 1. The number of piperidine rings is 1. The SMILES string of the molecule is Cc1nc(Sc2ccc(C(=O)O)cc2)ccc1CN1CCC(N2C(=S)OCC2c2ccccc2)CC1. The zero-order valence-corrected chi connectivity index (χ0v) is 21.8. The van der Waals surface area contributed by atoms with Crippen LogP contribution < -0.4 is 0 Å². The normalized spacial score (nSPS) is 18.9. The minimum absolute atomic E-state index is 0.201. The van der Waals surface area contributed by atoms with E-state index >= 15 is 0 Å². The number of aryl methyl sites for hydroxylation is 1. The maximum absolute atomic E-state index is 11.1. The molecule has 2 aliphatic rings. The van der Waals surface area contributed by atoms with Crippen molar-refractivity contribution < 1.29 is 14.6 Å². The lowest BCUT2D eigenvalue weighted by atomic mass is 9.99. The molecule has 0 radical (unpaired) electrons. The minimum Gasteiger partial charge on any atom is -0.478 e. The third-order valence-corrected chi connectivity index (χ3v) is 8.21. The number of hydrogen-bond donors (Lipinski definition) is 1. The first-order valence-electron chi connectivity index (χ1n) is 12.2. The molecule has 2 saturated heterocycles. The van der Waals surface area contributed by atoms with Gasteiger partial charge in [0.15, 0.2) is 0 Å². The van der Waals surface area contributed by atoms with Crippen molar-refractivity contribution in [2.75, 3.05) is 19.7 Å². The molecular weight excluding hydrogens is 490 g/mol. The van der Waals surface area contributed by atoms with E-state index in [0.29, 0.717) is 17.8 Å². The summed E-state index contributed by atoms with van der Waals surface area (Å²) >= 11 is 7.12. The van der Waals surface area contributed by atoms with Crippen molar-refractivity contribution in [1.82, 2.24) is 14.8 Å². The summed E-state index contributed by atoms with van der Waals surface area (Å²) in [5.41, 5.74) is 3.82. The second-order valence-electron chi connectivity index (χ2n) is 9.24. The number of aromatic nitrogens is 1.